The molecule has 1 aromatic heterocycles. The van der Waals surface area contributed by atoms with Crippen molar-refractivity contribution in [1.29, 1.82) is 0 Å². The van der Waals surface area contributed by atoms with E-state index < -0.39 is 0 Å². The maximum absolute atomic E-state index is 5.83. The molecule has 0 saturated carbocycles. The number of hydrogen-bond donors (Lipinski definition) is 2. The first kappa shape index (κ1) is 13.0. The van der Waals surface area contributed by atoms with Crippen LogP contribution in [0.2, 0.25) is 0 Å². The van der Waals surface area contributed by atoms with Gasteiger partial charge in [0.05, 0.1) is 12.8 Å². The molecule has 1 unspecified atom stereocenters. The summed E-state index contributed by atoms with van der Waals surface area (Å²) in [6, 6.07) is 3.90. The van der Waals surface area contributed by atoms with Gasteiger partial charge in [-0.25, -0.2) is 0 Å². The molecular weight excluding hydrogens is 222 g/mol. The molecule has 0 aliphatic heterocycles. The zero-order valence-corrected chi connectivity index (χ0v) is 10.8. The molecule has 0 amide bonds. The van der Waals surface area contributed by atoms with Gasteiger partial charge in [-0.1, -0.05) is 6.92 Å². The number of nitrogen functional groups attached to an aromatic ring is 1. The quantitative estimate of drug-likeness (QED) is 0.799. The number of nitrogens with one attached hydrogen (secondary N) is 1. The molecule has 0 aliphatic rings. The summed E-state index contributed by atoms with van der Waals surface area (Å²) in [6.45, 7) is 4.26. The van der Waals surface area contributed by atoms with Crippen LogP contribution in [0.5, 0.6) is 5.88 Å². The van der Waals surface area contributed by atoms with Crippen LogP contribution in [-0.4, -0.2) is 29.6 Å². The highest BCUT2D eigenvalue weighted by Crippen LogP contribution is 2.20. The van der Waals surface area contributed by atoms with E-state index in [2.05, 4.69) is 24.1 Å². The highest BCUT2D eigenvalue weighted by Gasteiger charge is 2.07. The normalized spacial score (nSPS) is 12.2. The molecule has 0 fully saturated rings. The van der Waals surface area contributed by atoms with Gasteiger partial charge < -0.3 is 15.8 Å². The predicted molar refractivity (Wildman–Crippen MR) is 71.3 cm³/mol. The number of rotatable bonds is 6. The van der Waals surface area contributed by atoms with Gasteiger partial charge in [-0.15, -0.1) is 0 Å². The number of nitrogens with two attached hydrogens (primary N) is 1. The lowest BCUT2D eigenvalue weighted by Gasteiger charge is -2.15. The van der Waals surface area contributed by atoms with Gasteiger partial charge in [0.15, 0.2) is 5.82 Å². The van der Waals surface area contributed by atoms with Crippen molar-refractivity contribution in [3.05, 3.63) is 12.1 Å². The molecule has 1 aromatic rings. The Labute approximate surface area is 101 Å². The Balaban J connectivity index is 2.64. The second-order valence-electron chi connectivity index (χ2n) is 3.50. The van der Waals surface area contributed by atoms with Crippen molar-refractivity contribution in [3.8, 4) is 5.88 Å². The fraction of sp³-hybridized carbons (Fsp3) is 0.545. The monoisotopic (exact) mass is 241 g/mol. The van der Waals surface area contributed by atoms with E-state index in [0.717, 1.165) is 11.5 Å². The van der Waals surface area contributed by atoms with Crippen molar-refractivity contribution < 1.29 is 4.74 Å². The van der Waals surface area contributed by atoms with Gasteiger partial charge in [0.1, 0.15) is 0 Å². The summed E-state index contributed by atoms with van der Waals surface area (Å²) in [6.07, 6.45) is 0. The Morgan fingerprint density at radius 2 is 2.31 bits per heavy atom. The molecule has 4 nitrogen and oxygen atoms in total. The Morgan fingerprint density at radius 3 is 2.94 bits per heavy atom. The molecule has 0 radical (unpaired) electrons. The molecule has 1 atom stereocenters. The minimum atomic E-state index is 0.340. The molecule has 0 aliphatic carbocycles. The second kappa shape index (κ2) is 6.48. The smallest absolute Gasteiger partial charge is 0.215 e. The highest BCUT2D eigenvalue weighted by atomic mass is 32.2. The molecule has 0 saturated heterocycles. The average Bonchev–Trinajstić information content (AvgIpc) is 2.29. The van der Waals surface area contributed by atoms with Crippen LogP contribution in [0.25, 0.3) is 0 Å². The lowest BCUT2D eigenvalue weighted by Crippen LogP contribution is -2.19. The number of nitrogens with zero attached hydrogens (tertiary/aromatic N) is 1. The molecule has 5 heteroatoms. The van der Waals surface area contributed by atoms with Crippen LogP contribution >= 0.6 is 11.8 Å². The number of hydrogen-bond acceptors (Lipinski definition) is 5. The maximum atomic E-state index is 5.83. The predicted octanol–water partition coefficient (Wildman–Crippen LogP) is 2.23. The van der Waals surface area contributed by atoms with Crippen LogP contribution in [0.15, 0.2) is 12.1 Å². The van der Waals surface area contributed by atoms with Gasteiger partial charge in [-0.3, -0.25) is 0 Å². The summed E-state index contributed by atoms with van der Waals surface area (Å²) in [5, 5.41) is 3.28. The van der Waals surface area contributed by atoms with E-state index in [0.29, 0.717) is 23.4 Å². The van der Waals surface area contributed by atoms with Gasteiger partial charge >= 0.3 is 0 Å². The van der Waals surface area contributed by atoms with Gasteiger partial charge in [-0.2, -0.15) is 16.7 Å². The first-order valence-corrected chi connectivity index (χ1v) is 6.47. The lowest BCUT2D eigenvalue weighted by atomic mass is 10.3. The van der Waals surface area contributed by atoms with E-state index in [1.807, 2.05) is 11.8 Å². The zero-order valence-electron chi connectivity index (χ0n) is 9.99. The third kappa shape index (κ3) is 3.81. The van der Waals surface area contributed by atoms with Crippen LogP contribution in [0.1, 0.15) is 13.8 Å². The van der Waals surface area contributed by atoms with Crippen LogP contribution < -0.4 is 15.8 Å². The van der Waals surface area contributed by atoms with E-state index in [1.54, 1.807) is 19.2 Å². The molecule has 0 spiro atoms. The molecule has 16 heavy (non-hydrogen) atoms. The Hall–Kier alpha value is -1.10. The molecule has 0 bridgehead atoms. The molecule has 1 rings (SSSR count). The van der Waals surface area contributed by atoms with E-state index in [9.17, 15) is 0 Å². The molecule has 3 N–H and O–H groups in total. The first-order valence-electron chi connectivity index (χ1n) is 5.32. The number of methoxy groups -OCH3 is 1. The van der Waals surface area contributed by atoms with Gasteiger partial charge in [0.25, 0.3) is 0 Å². The van der Waals surface area contributed by atoms with Gasteiger partial charge in [-0.05, 0) is 18.7 Å². The van der Waals surface area contributed by atoms with Crippen LogP contribution in [0.3, 0.4) is 0 Å². The SMILES string of the molecule is CCSCC(C)Nc1nc(OC)ccc1N. The summed E-state index contributed by atoms with van der Waals surface area (Å²) in [5.74, 6) is 3.43. The van der Waals surface area contributed by atoms with E-state index in [-0.39, 0.29) is 0 Å². The van der Waals surface area contributed by atoms with E-state index >= 15 is 0 Å². The number of thioether (sulfide) groups is 1. The third-order valence-electron chi connectivity index (χ3n) is 2.07. The number of aromatic nitrogens is 1. The minimum Gasteiger partial charge on any atom is -0.481 e. The van der Waals surface area contributed by atoms with Crippen molar-refractivity contribution in [2.75, 3.05) is 29.7 Å². The fourth-order valence-corrected chi connectivity index (χ4v) is 1.92. The highest BCUT2D eigenvalue weighted by molar-refractivity contribution is 7.99. The van der Waals surface area contributed by atoms with E-state index in [1.165, 1.54) is 0 Å². The Bertz CT molecular complexity index is 333. The van der Waals surface area contributed by atoms with Crippen LogP contribution in [0.4, 0.5) is 11.5 Å². The summed E-state index contributed by atoms with van der Waals surface area (Å²) in [7, 11) is 1.60. The Morgan fingerprint density at radius 1 is 1.56 bits per heavy atom. The Kier molecular flexibility index (Phi) is 5.25. The number of anilines is 2. The lowest BCUT2D eigenvalue weighted by molar-refractivity contribution is 0.398. The summed E-state index contributed by atoms with van der Waals surface area (Å²) < 4.78 is 5.06. The largest absolute Gasteiger partial charge is 0.481 e. The third-order valence-corrected chi connectivity index (χ3v) is 3.21. The van der Waals surface area contributed by atoms with Crippen molar-refractivity contribution in [2.24, 2.45) is 0 Å². The van der Waals surface area contributed by atoms with Gasteiger partial charge in [0, 0.05) is 17.9 Å². The topological polar surface area (TPSA) is 60.2 Å². The van der Waals surface area contributed by atoms with Crippen LogP contribution in [0, 0.1) is 0 Å². The van der Waals surface area contributed by atoms with Gasteiger partial charge in [0.2, 0.25) is 5.88 Å². The fourth-order valence-electron chi connectivity index (χ4n) is 1.25. The minimum absolute atomic E-state index is 0.340. The van der Waals surface area contributed by atoms with Crippen LogP contribution in [-0.2, 0) is 0 Å². The van der Waals surface area contributed by atoms with Crippen molar-refractivity contribution >= 4 is 23.3 Å². The molecule has 0 aromatic carbocycles. The molecular formula is C11H19N3OS. The average molecular weight is 241 g/mol. The van der Waals surface area contributed by atoms with Crippen molar-refractivity contribution in [3.63, 3.8) is 0 Å². The van der Waals surface area contributed by atoms with Crippen molar-refractivity contribution in [1.82, 2.24) is 4.98 Å². The summed E-state index contributed by atoms with van der Waals surface area (Å²) in [4.78, 5) is 4.27. The summed E-state index contributed by atoms with van der Waals surface area (Å²) in [5.41, 5.74) is 6.48. The van der Waals surface area contributed by atoms with E-state index in [4.69, 9.17) is 10.5 Å². The molecule has 90 valence electrons. The zero-order chi connectivity index (χ0) is 12.0. The number of pyridine rings is 1. The summed E-state index contributed by atoms with van der Waals surface area (Å²) >= 11 is 1.89. The molecule has 1 heterocycles. The first-order chi connectivity index (χ1) is 7.67. The standard InChI is InChI=1S/C11H19N3OS/c1-4-16-7-8(2)13-11-9(12)5-6-10(14-11)15-3/h5-6,8H,4,7,12H2,1-3H3,(H,13,14). The number of ether oxygens (including phenoxy) is 1. The maximum Gasteiger partial charge on any atom is 0.215 e. The van der Waals surface area contributed by atoms with Crippen molar-refractivity contribution in [2.45, 2.75) is 19.9 Å². The second-order valence-corrected chi connectivity index (χ2v) is 4.82.